The molecule has 0 radical (unpaired) electrons. The Hall–Kier alpha value is -1.49. The topological polar surface area (TPSA) is 9.23 Å². The van der Waals surface area contributed by atoms with E-state index in [0.717, 1.165) is 36.1 Å². The summed E-state index contributed by atoms with van der Waals surface area (Å²) in [4.78, 5) is 1.05. The first-order valence-electron chi connectivity index (χ1n) is 7.42. The largest absolute Gasteiger partial charge is 0.573 e. The summed E-state index contributed by atoms with van der Waals surface area (Å²) in [6.45, 7) is 2.11. The lowest BCUT2D eigenvalue weighted by Crippen LogP contribution is -2.18. The molecule has 1 aromatic carbocycles. The molecule has 22 heavy (non-hydrogen) atoms. The van der Waals surface area contributed by atoms with Gasteiger partial charge >= 0.3 is 6.36 Å². The Kier molecular flexibility index (Phi) is 5.89. The lowest BCUT2D eigenvalue weighted by atomic mass is 10.0. The Morgan fingerprint density at radius 3 is 2.55 bits per heavy atom. The average Bonchev–Trinajstić information content (AvgIpc) is 2.97. The van der Waals surface area contributed by atoms with Crippen molar-refractivity contribution in [3.8, 4) is 16.2 Å². The highest BCUT2D eigenvalue weighted by atomic mass is 32.1. The lowest BCUT2D eigenvalue weighted by Gasteiger charge is -2.14. The van der Waals surface area contributed by atoms with Crippen LogP contribution in [0, 0.1) is 0 Å². The van der Waals surface area contributed by atoms with E-state index in [4.69, 9.17) is 0 Å². The molecule has 0 N–H and O–H groups in total. The number of ether oxygens (including phenoxy) is 1. The van der Waals surface area contributed by atoms with Crippen LogP contribution in [-0.4, -0.2) is 6.36 Å². The molecule has 0 aliphatic heterocycles. The molecule has 0 aliphatic rings. The Morgan fingerprint density at radius 1 is 1.09 bits per heavy atom. The highest BCUT2D eigenvalue weighted by molar-refractivity contribution is 7.13. The summed E-state index contributed by atoms with van der Waals surface area (Å²) in [7, 11) is 0. The van der Waals surface area contributed by atoms with Crippen LogP contribution in [0.15, 0.2) is 35.7 Å². The Balaban J connectivity index is 2.20. The van der Waals surface area contributed by atoms with Gasteiger partial charge in [-0.3, -0.25) is 0 Å². The monoisotopic (exact) mass is 328 g/mol. The minimum absolute atomic E-state index is 0.0793. The van der Waals surface area contributed by atoms with Gasteiger partial charge in [0.1, 0.15) is 5.75 Å². The molecule has 0 saturated heterocycles. The molecule has 1 heterocycles. The first kappa shape index (κ1) is 16.9. The molecule has 0 spiro atoms. The van der Waals surface area contributed by atoms with Crippen molar-refractivity contribution in [2.24, 2.45) is 0 Å². The second-order valence-corrected chi connectivity index (χ2v) is 6.11. The molecular formula is C17H19F3OS. The molecular weight excluding hydrogens is 309 g/mol. The third-order valence-electron chi connectivity index (χ3n) is 3.39. The number of rotatable bonds is 7. The Morgan fingerprint density at radius 2 is 1.91 bits per heavy atom. The summed E-state index contributed by atoms with van der Waals surface area (Å²) >= 11 is 1.57. The second-order valence-electron chi connectivity index (χ2n) is 5.16. The van der Waals surface area contributed by atoms with Crippen LogP contribution < -0.4 is 4.74 Å². The van der Waals surface area contributed by atoms with Crippen molar-refractivity contribution in [2.75, 3.05) is 0 Å². The van der Waals surface area contributed by atoms with Gasteiger partial charge in [-0.2, -0.15) is 0 Å². The molecule has 1 nitrogen and oxygen atoms in total. The van der Waals surface area contributed by atoms with E-state index in [2.05, 4.69) is 11.7 Å². The molecule has 0 fully saturated rings. The zero-order chi connectivity index (χ0) is 16.0. The minimum Gasteiger partial charge on any atom is -0.406 e. The van der Waals surface area contributed by atoms with Crippen LogP contribution in [-0.2, 0) is 6.42 Å². The minimum atomic E-state index is -4.65. The SMILES string of the molecule is CCCCCCc1cc(-c2cccs2)ccc1OC(F)(F)F. The summed E-state index contributed by atoms with van der Waals surface area (Å²) in [5.41, 5.74) is 1.56. The van der Waals surface area contributed by atoms with Crippen molar-refractivity contribution < 1.29 is 17.9 Å². The second kappa shape index (κ2) is 7.68. The molecule has 0 saturated carbocycles. The fourth-order valence-electron chi connectivity index (χ4n) is 2.34. The molecule has 0 bridgehead atoms. The first-order valence-corrected chi connectivity index (χ1v) is 8.30. The highest BCUT2D eigenvalue weighted by Gasteiger charge is 2.32. The van der Waals surface area contributed by atoms with Crippen molar-refractivity contribution in [1.82, 2.24) is 0 Å². The van der Waals surface area contributed by atoms with E-state index in [9.17, 15) is 13.2 Å². The van der Waals surface area contributed by atoms with Gasteiger partial charge in [0.05, 0.1) is 0 Å². The van der Waals surface area contributed by atoms with Crippen molar-refractivity contribution in [2.45, 2.75) is 45.4 Å². The van der Waals surface area contributed by atoms with Crippen molar-refractivity contribution in [3.63, 3.8) is 0 Å². The summed E-state index contributed by atoms with van der Waals surface area (Å²) < 4.78 is 41.7. The highest BCUT2D eigenvalue weighted by Crippen LogP contribution is 2.33. The number of hydrogen-bond acceptors (Lipinski definition) is 2. The van der Waals surface area contributed by atoms with Crippen LogP contribution in [0.3, 0.4) is 0 Å². The van der Waals surface area contributed by atoms with E-state index in [1.165, 1.54) is 6.07 Å². The predicted molar refractivity (Wildman–Crippen MR) is 84.3 cm³/mol. The average molecular weight is 328 g/mol. The van der Waals surface area contributed by atoms with Gasteiger partial charge in [-0.15, -0.1) is 24.5 Å². The zero-order valence-electron chi connectivity index (χ0n) is 12.5. The van der Waals surface area contributed by atoms with Gasteiger partial charge in [0.25, 0.3) is 0 Å². The molecule has 0 atom stereocenters. The number of unbranched alkanes of at least 4 members (excludes halogenated alkanes) is 3. The Labute approximate surface area is 132 Å². The molecule has 2 aromatic rings. The predicted octanol–water partition coefficient (Wildman–Crippen LogP) is 6.44. The van der Waals surface area contributed by atoms with Crippen molar-refractivity contribution >= 4 is 11.3 Å². The van der Waals surface area contributed by atoms with Crippen molar-refractivity contribution in [1.29, 1.82) is 0 Å². The number of thiophene rings is 1. The molecule has 2 rings (SSSR count). The molecule has 0 aliphatic carbocycles. The van der Waals surface area contributed by atoms with E-state index in [1.54, 1.807) is 17.4 Å². The summed E-state index contributed by atoms with van der Waals surface area (Å²) in [5.74, 6) is -0.0793. The van der Waals surface area contributed by atoms with Crippen LogP contribution in [0.4, 0.5) is 13.2 Å². The van der Waals surface area contributed by atoms with Crippen LogP contribution >= 0.6 is 11.3 Å². The van der Waals surface area contributed by atoms with Crippen LogP contribution in [0.5, 0.6) is 5.75 Å². The van der Waals surface area contributed by atoms with E-state index < -0.39 is 6.36 Å². The fraction of sp³-hybridized carbons (Fsp3) is 0.412. The van der Waals surface area contributed by atoms with E-state index >= 15 is 0 Å². The maximum Gasteiger partial charge on any atom is 0.573 e. The van der Waals surface area contributed by atoms with Gasteiger partial charge in [0.15, 0.2) is 0 Å². The van der Waals surface area contributed by atoms with Gasteiger partial charge in [-0.05, 0) is 53.6 Å². The Bertz CT molecular complexity index is 576. The fourth-order valence-corrected chi connectivity index (χ4v) is 3.06. The molecule has 120 valence electrons. The standard InChI is InChI=1S/C17H19F3OS/c1-2-3-4-5-7-13-12-14(16-8-6-11-22-16)9-10-15(13)21-17(18,19)20/h6,8-12H,2-5,7H2,1H3. The number of alkyl halides is 3. The van der Waals surface area contributed by atoms with Gasteiger partial charge in [-0.25, -0.2) is 0 Å². The third kappa shape index (κ3) is 5.05. The van der Waals surface area contributed by atoms with Crippen molar-refractivity contribution in [3.05, 3.63) is 41.3 Å². The first-order chi connectivity index (χ1) is 10.5. The number of hydrogen-bond donors (Lipinski definition) is 0. The van der Waals surface area contributed by atoms with Gasteiger partial charge in [0.2, 0.25) is 0 Å². The van der Waals surface area contributed by atoms with E-state index in [0.29, 0.717) is 12.0 Å². The quantitative estimate of drug-likeness (QED) is 0.532. The maximum absolute atomic E-state index is 12.5. The van der Waals surface area contributed by atoms with Gasteiger partial charge < -0.3 is 4.74 Å². The number of halogens is 3. The van der Waals surface area contributed by atoms with E-state index in [1.807, 2.05) is 23.6 Å². The third-order valence-corrected chi connectivity index (χ3v) is 4.31. The number of benzene rings is 1. The van der Waals surface area contributed by atoms with Crippen LogP contribution in [0.25, 0.3) is 10.4 Å². The van der Waals surface area contributed by atoms with Crippen LogP contribution in [0.2, 0.25) is 0 Å². The van der Waals surface area contributed by atoms with Gasteiger partial charge in [-0.1, -0.05) is 32.3 Å². The van der Waals surface area contributed by atoms with Gasteiger partial charge in [0, 0.05) is 4.88 Å². The maximum atomic E-state index is 12.5. The molecule has 1 aromatic heterocycles. The normalized spacial score (nSPS) is 11.6. The van der Waals surface area contributed by atoms with Crippen LogP contribution in [0.1, 0.15) is 38.2 Å². The van der Waals surface area contributed by atoms with E-state index in [-0.39, 0.29) is 5.75 Å². The molecule has 0 unspecified atom stereocenters. The summed E-state index contributed by atoms with van der Waals surface area (Å²) in [6.07, 6.45) is 0.0373. The summed E-state index contributed by atoms with van der Waals surface area (Å²) in [5, 5.41) is 1.95. The number of aryl methyl sites for hydroxylation is 1. The molecule has 0 amide bonds. The summed E-state index contributed by atoms with van der Waals surface area (Å²) in [6, 6.07) is 8.82. The zero-order valence-corrected chi connectivity index (χ0v) is 13.3. The lowest BCUT2D eigenvalue weighted by molar-refractivity contribution is -0.274. The smallest absolute Gasteiger partial charge is 0.406 e. The molecule has 5 heteroatoms.